The zero-order chi connectivity index (χ0) is 18.0. The van der Waals surface area contributed by atoms with Crippen LogP contribution in [0.3, 0.4) is 0 Å². The van der Waals surface area contributed by atoms with Crippen LogP contribution in [0.1, 0.15) is 25.0 Å². The Labute approximate surface area is 155 Å². The molecule has 1 heterocycles. The number of hydrogen-bond donors (Lipinski definition) is 1. The van der Waals surface area contributed by atoms with Crippen molar-refractivity contribution in [3.05, 3.63) is 64.1 Å². The van der Waals surface area contributed by atoms with Crippen LogP contribution in [0.2, 0.25) is 0 Å². The third-order valence-corrected chi connectivity index (χ3v) is 4.98. The van der Waals surface area contributed by atoms with Crippen molar-refractivity contribution in [2.75, 3.05) is 6.61 Å². The van der Waals surface area contributed by atoms with Crippen LogP contribution in [0.5, 0.6) is 5.75 Å². The van der Waals surface area contributed by atoms with Gasteiger partial charge in [0.2, 0.25) is 0 Å². The summed E-state index contributed by atoms with van der Waals surface area (Å²) >= 11 is 3.47. The van der Waals surface area contributed by atoms with Gasteiger partial charge < -0.3 is 10.1 Å². The van der Waals surface area contributed by atoms with Gasteiger partial charge in [-0.1, -0.05) is 52.3 Å². The highest BCUT2D eigenvalue weighted by molar-refractivity contribution is 9.10. The topological polar surface area (TPSA) is 58.6 Å². The molecule has 1 unspecified atom stereocenters. The molecule has 5 nitrogen and oxygen atoms in total. The van der Waals surface area contributed by atoms with Crippen molar-refractivity contribution in [2.24, 2.45) is 0 Å². The summed E-state index contributed by atoms with van der Waals surface area (Å²) in [4.78, 5) is 26.8. The van der Waals surface area contributed by atoms with Gasteiger partial charge in [0.25, 0.3) is 5.91 Å². The van der Waals surface area contributed by atoms with Gasteiger partial charge in [0.05, 0.1) is 13.2 Å². The first-order chi connectivity index (χ1) is 12.0. The van der Waals surface area contributed by atoms with Gasteiger partial charge in [-0.15, -0.1) is 0 Å². The van der Waals surface area contributed by atoms with Gasteiger partial charge >= 0.3 is 6.03 Å². The second-order valence-corrected chi connectivity index (χ2v) is 6.82. The zero-order valence-electron chi connectivity index (χ0n) is 14.1. The third kappa shape index (κ3) is 3.14. The number of halogens is 1. The highest BCUT2D eigenvalue weighted by Crippen LogP contribution is 2.34. The maximum absolute atomic E-state index is 13.0. The summed E-state index contributed by atoms with van der Waals surface area (Å²) < 4.78 is 6.38. The van der Waals surface area contributed by atoms with Crippen LogP contribution in [-0.2, 0) is 16.9 Å². The van der Waals surface area contributed by atoms with Crippen LogP contribution in [0.15, 0.2) is 53.0 Å². The largest absolute Gasteiger partial charge is 0.494 e. The van der Waals surface area contributed by atoms with Crippen molar-refractivity contribution in [2.45, 2.75) is 25.9 Å². The number of hydrogen-bond acceptors (Lipinski definition) is 3. The van der Waals surface area contributed by atoms with Crippen LogP contribution in [0.25, 0.3) is 0 Å². The van der Waals surface area contributed by atoms with Gasteiger partial charge in [-0.25, -0.2) is 4.79 Å². The van der Waals surface area contributed by atoms with E-state index in [-0.39, 0.29) is 12.5 Å². The third-order valence-electron chi connectivity index (χ3n) is 4.29. The van der Waals surface area contributed by atoms with Crippen molar-refractivity contribution in [1.82, 2.24) is 10.2 Å². The van der Waals surface area contributed by atoms with Gasteiger partial charge in [-0.3, -0.25) is 9.69 Å². The summed E-state index contributed by atoms with van der Waals surface area (Å²) in [6, 6.07) is 14.4. The molecule has 2 aromatic rings. The summed E-state index contributed by atoms with van der Waals surface area (Å²) in [6.45, 7) is 4.31. The summed E-state index contributed by atoms with van der Waals surface area (Å²) in [5.74, 6) is 0.399. The first kappa shape index (κ1) is 17.5. The summed E-state index contributed by atoms with van der Waals surface area (Å²) in [7, 11) is 0. The van der Waals surface area contributed by atoms with E-state index < -0.39 is 11.6 Å². The Morgan fingerprint density at radius 2 is 1.80 bits per heavy atom. The molecular formula is C19H19BrN2O3. The number of urea groups is 1. The number of nitrogens with zero attached hydrogens (tertiary/aromatic N) is 1. The molecule has 130 valence electrons. The number of carbonyl (C=O) groups is 2. The standard InChI is InChI=1S/C19H19BrN2O3/c1-3-25-16-11-7-4-8-13(16)12-22-17(23)19(2,21-18(22)24)14-9-5-6-10-15(14)20/h4-11H,3,12H2,1-2H3,(H,21,24). The Bertz CT molecular complexity index is 824. The van der Waals surface area contributed by atoms with E-state index >= 15 is 0 Å². The van der Waals surface area contributed by atoms with Gasteiger partial charge in [0.15, 0.2) is 0 Å². The lowest BCUT2D eigenvalue weighted by Gasteiger charge is -2.23. The molecule has 0 aromatic heterocycles. The minimum atomic E-state index is -1.10. The van der Waals surface area contributed by atoms with E-state index in [0.717, 1.165) is 15.6 Å². The Hall–Kier alpha value is -2.34. The number of rotatable bonds is 5. The molecule has 0 bridgehead atoms. The van der Waals surface area contributed by atoms with Crippen LogP contribution in [0.4, 0.5) is 4.79 Å². The molecule has 1 aliphatic heterocycles. The Morgan fingerprint density at radius 1 is 1.12 bits per heavy atom. The van der Waals surface area contributed by atoms with Crippen LogP contribution in [0, 0.1) is 0 Å². The van der Waals surface area contributed by atoms with Crippen LogP contribution < -0.4 is 10.1 Å². The average molecular weight is 403 g/mol. The fraction of sp³-hybridized carbons (Fsp3) is 0.263. The predicted molar refractivity (Wildman–Crippen MR) is 98.2 cm³/mol. The SMILES string of the molecule is CCOc1ccccc1CN1C(=O)NC(C)(c2ccccc2Br)C1=O. The molecule has 0 radical (unpaired) electrons. The molecule has 25 heavy (non-hydrogen) atoms. The summed E-state index contributed by atoms with van der Waals surface area (Å²) in [6.07, 6.45) is 0. The predicted octanol–water partition coefficient (Wildman–Crippen LogP) is 3.82. The molecule has 1 N–H and O–H groups in total. The minimum Gasteiger partial charge on any atom is -0.494 e. The number of imide groups is 1. The number of ether oxygens (including phenoxy) is 1. The van der Waals surface area contributed by atoms with Crippen LogP contribution in [-0.4, -0.2) is 23.4 Å². The van der Waals surface area contributed by atoms with Gasteiger partial charge in [0, 0.05) is 15.6 Å². The number of nitrogens with one attached hydrogen (secondary N) is 1. The normalized spacial score (nSPS) is 19.9. The number of benzene rings is 2. The first-order valence-electron chi connectivity index (χ1n) is 8.07. The van der Waals surface area contributed by atoms with E-state index in [4.69, 9.17) is 4.74 Å². The fourth-order valence-corrected chi connectivity index (χ4v) is 3.67. The van der Waals surface area contributed by atoms with E-state index in [1.165, 1.54) is 4.90 Å². The molecule has 0 spiro atoms. The second-order valence-electron chi connectivity index (χ2n) is 5.97. The van der Waals surface area contributed by atoms with E-state index in [1.807, 2.05) is 55.5 Å². The Morgan fingerprint density at radius 3 is 2.52 bits per heavy atom. The summed E-state index contributed by atoms with van der Waals surface area (Å²) in [5, 5.41) is 2.83. The summed E-state index contributed by atoms with van der Waals surface area (Å²) in [5.41, 5.74) is 0.427. The quantitative estimate of drug-likeness (QED) is 0.773. The molecule has 1 saturated heterocycles. The van der Waals surface area contributed by atoms with Gasteiger partial charge in [0.1, 0.15) is 11.3 Å². The molecule has 1 fully saturated rings. The molecule has 1 atom stereocenters. The lowest BCUT2D eigenvalue weighted by Crippen LogP contribution is -2.41. The lowest BCUT2D eigenvalue weighted by molar-refractivity contribution is -0.131. The molecule has 1 aliphatic rings. The molecular weight excluding hydrogens is 384 g/mol. The molecule has 0 aliphatic carbocycles. The maximum atomic E-state index is 13.0. The molecule has 6 heteroatoms. The number of para-hydroxylation sites is 1. The van der Waals surface area contributed by atoms with Gasteiger partial charge in [-0.05, 0) is 26.0 Å². The Kier molecular flexibility index (Phi) is 4.81. The molecule has 3 amide bonds. The van der Waals surface area contributed by atoms with Crippen molar-refractivity contribution in [1.29, 1.82) is 0 Å². The highest BCUT2D eigenvalue weighted by Gasteiger charge is 2.49. The van der Waals surface area contributed by atoms with Gasteiger partial charge in [-0.2, -0.15) is 0 Å². The second kappa shape index (κ2) is 6.88. The minimum absolute atomic E-state index is 0.168. The van der Waals surface area contributed by atoms with Crippen molar-refractivity contribution in [3.63, 3.8) is 0 Å². The van der Waals surface area contributed by atoms with E-state index in [2.05, 4.69) is 21.2 Å². The first-order valence-corrected chi connectivity index (χ1v) is 8.86. The van der Waals surface area contributed by atoms with E-state index in [0.29, 0.717) is 12.4 Å². The monoisotopic (exact) mass is 402 g/mol. The number of amides is 3. The molecule has 3 rings (SSSR count). The van der Waals surface area contributed by atoms with Crippen molar-refractivity contribution < 1.29 is 14.3 Å². The van der Waals surface area contributed by atoms with Crippen molar-refractivity contribution in [3.8, 4) is 5.75 Å². The van der Waals surface area contributed by atoms with E-state index in [1.54, 1.807) is 6.92 Å². The average Bonchev–Trinajstić information content (AvgIpc) is 2.81. The zero-order valence-corrected chi connectivity index (χ0v) is 15.7. The highest BCUT2D eigenvalue weighted by atomic mass is 79.9. The smallest absolute Gasteiger partial charge is 0.325 e. The maximum Gasteiger partial charge on any atom is 0.325 e. The fourth-order valence-electron chi connectivity index (χ4n) is 2.99. The van der Waals surface area contributed by atoms with Crippen molar-refractivity contribution >= 4 is 27.9 Å². The Balaban J connectivity index is 1.91. The number of carbonyl (C=O) groups excluding carboxylic acids is 2. The van der Waals surface area contributed by atoms with E-state index in [9.17, 15) is 9.59 Å². The lowest BCUT2D eigenvalue weighted by atomic mass is 9.92. The molecule has 2 aromatic carbocycles. The van der Waals surface area contributed by atoms with Crippen LogP contribution >= 0.6 is 15.9 Å². The molecule has 0 saturated carbocycles.